The normalized spacial score (nSPS) is 14.5. The summed E-state index contributed by atoms with van der Waals surface area (Å²) in [7, 11) is 0. The van der Waals surface area contributed by atoms with Crippen LogP contribution in [0.25, 0.3) is 11.3 Å². The second kappa shape index (κ2) is 6.10. The first-order valence-corrected chi connectivity index (χ1v) is 7.36. The van der Waals surface area contributed by atoms with Gasteiger partial charge in [-0.05, 0) is 30.9 Å². The molecule has 0 spiro atoms. The monoisotopic (exact) mass is 337 g/mol. The molecular weight excluding hydrogens is 323 g/mol. The van der Waals surface area contributed by atoms with E-state index in [0.717, 1.165) is 31.2 Å². The van der Waals surface area contributed by atoms with Crippen LogP contribution in [-0.4, -0.2) is 27.6 Å². The average Bonchev–Trinajstić information content (AvgIpc) is 3.36. The van der Waals surface area contributed by atoms with Crippen molar-refractivity contribution in [3.05, 3.63) is 41.7 Å². The number of carbonyl (C=O) groups is 1. The lowest BCUT2D eigenvalue weighted by Crippen LogP contribution is -2.10. The van der Waals surface area contributed by atoms with Crippen LogP contribution in [0, 0.1) is 5.92 Å². The number of carboxylic acids is 1. The van der Waals surface area contributed by atoms with Crippen molar-refractivity contribution >= 4 is 11.8 Å². The molecule has 1 fully saturated rings. The first-order chi connectivity index (χ1) is 11.3. The number of hydrogen-bond donors (Lipinski definition) is 2. The van der Waals surface area contributed by atoms with Crippen LogP contribution in [-0.2, 0) is 6.18 Å². The molecular formula is C16H14F3N3O2. The van der Waals surface area contributed by atoms with Crippen molar-refractivity contribution in [2.24, 2.45) is 5.92 Å². The van der Waals surface area contributed by atoms with Gasteiger partial charge in [-0.1, -0.05) is 12.1 Å². The van der Waals surface area contributed by atoms with Crippen molar-refractivity contribution in [1.82, 2.24) is 9.97 Å². The van der Waals surface area contributed by atoms with Crippen LogP contribution in [0.2, 0.25) is 0 Å². The molecule has 24 heavy (non-hydrogen) atoms. The zero-order chi connectivity index (χ0) is 17.3. The van der Waals surface area contributed by atoms with Gasteiger partial charge in [0.1, 0.15) is 5.69 Å². The number of halogens is 3. The number of aromatic nitrogens is 2. The molecule has 0 atom stereocenters. The smallest absolute Gasteiger partial charge is 0.416 e. The molecule has 126 valence electrons. The van der Waals surface area contributed by atoms with Gasteiger partial charge in [-0.3, -0.25) is 0 Å². The number of carboxylic acid groups (broad SMARTS) is 1. The Labute approximate surface area is 135 Å². The summed E-state index contributed by atoms with van der Waals surface area (Å²) in [6, 6.07) is 4.41. The number of nitrogens with zero attached hydrogens (tertiary/aromatic N) is 2. The third-order valence-electron chi connectivity index (χ3n) is 3.73. The summed E-state index contributed by atoms with van der Waals surface area (Å²) < 4.78 is 38.0. The molecule has 0 unspecified atom stereocenters. The van der Waals surface area contributed by atoms with E-state index in [4.69, 9.17) is 5.11 Å². The number of hydrogen-bond acceptors (Lipinski definition) is 4. The van der Waals surface area contributed by atoms with E-state index in [2.05, 4.69) is 15.3 Å². The highest BCUT2D eigenvalue weighted by Gasteiger charge is 2.30. The van der Waals surface area contributed by atoms with Crippen LogP contribution in [0.3, 0.4) is 0 Å². The van der Waals surface area contributed by atoms with Crippen LogP contribution < -0.4 is 5.32 Å². The van der Waals surface area contributed by atoms with Gasteiger partial charge in [-0.2, -0.15) is 13.2 Å². The molecule has 8 heteroatoms. The van der Waals surface area contributed by atoms with Crippen LogP contribution in [0.15, 0.2) is 30.5 Å². The SMILES string of the molecule is O=C(O)c1cnc(NCC2CC2)c(-c2ccc(C(F)(F)F)cc2)n1. The first-order valence-electron chi connectivity index (χ1n) is 7.36. The number of rotatable bonds is 5. The molecule has 5 nitrogen and oxygen atoms in total. The molecule has 0 bridgehead atoms. The van der Waals surface area contributed by atoms with Gasteiger partial charge in [0.15, 0.2) is 11.5 Å². The van der Waals surface area contributed by atoms with E-state index in [1.165, 1.54) is 12.1 Å². The van der Waals surface area contributed by atoms with Gasteiger partial charge in [-0.15, -0.1) is 0 Å². The van der Waals surface area contributed by atoms with Crippen molar-refractivity contribution < 1.29 is 23.1 Å². The summed E-state index contributed by atoms with van der Waals surface area (Å²) in [5.74, 6) is -0.331. The molecule has 0 amide bonds. The van der Waals surface area contributed by atoms with Crippen molar-refractivity contribution in [1.29, 1.82) is 0 Å². The maximum Gasteiger partial charge on any atom is 0.416 e. The fraction of sp³-hybridized carbons (Fsp3) is 0.312. The Balaban J connectivity index is 1.96. The summed E-state index contributed by atoms with van der Waals surface area (Å²) in [6.07, 6.45) is -1.07. The Hall–Kier alpha value is -2.64. The number of nitrogens with one attached hydrogen (secondary N) is 1. The molecule has 1 aliphatic carbocycles. The molecule has 0 aliphatic heterocycles. The summed E-state index contributed by atoms with van der Waals surface area (Å²) in [5.41, 5.74) is -0.441. The molecule has 1 heterocycles. The summed E-state index contributed by atoms with van der Waals surface area (Å²) in [5, 5.41) is 12.2. The fourth-order valence-corrected chi connectivity index (χ4v) is 2.20. The Morgan fingerprint density at radius 3 is 2.46 bits per heavy atom. The number of aromatic carboxylic acids is 1. The van der Waals surface area contributed by atoms with E-state index in [0.29, 0.717) is 23.8 Å². The van der Waals surface area contributed by atoms with Gasteiger partial charge < -0.3 is 10.4 Å². The lowest BCUT2D eigenvalue weighted by molar-refractivity contribution is -0.137. The molecule has 2 aromatic rings. The maximum absolute atomic E-state index is 12.7. The van der Waals surface area contributed by atoms with E-state index < -0.39 is 17.7 Å². The Morgan fingerprint density at radius 2 is 1.92 bits per heavy atom. The molecule has 1 aliphatic rings. The van der Waals surface area contributed by atoms with Gasteiger partial charge in [0, 0.05) is 12.1 Å². The second-order valence-electron chi connectivity index (χ2n) is 5.66. The fourth-order valence-electron chi connectivity index (χ4n) is 2.20. The summed E-state index contributed by atoms with van der Waals surface area (Å²) in [4.78, 5) is 19.2. The van der Waals surface area contributed by atoms with Crippen molar-refractivity contribution in [3.8, 4) is 11.3 Å². The van der Waals surface area contributed by atoms with E-state index in [-0.39, 0.29) is 11.4 Å². The maximum atomic E-state index is 12.7. The Bertz CT molecular complexity index is 756. The molecule has 1 aromatic heterocycles. The van der Waals surface area contributed by atoms with E-state index in [9.17, 15) is 18.0 Å². The zero-order valence-corrected chi connectivity index (χ0v) is 12.5. The van der Waals surface area contributed by atoms with E-state index in [1.807, 2.05) is 0 Å². The van der Waals surface area contributed by atoms with Crippen molar-refractivity contribution in [2.45, 2.75) is 19.0 Å². The van der Waals surface area contributed by atoms with Crippen LogP contribution in [0.5, 0.6) is 0 Å². The van der Waals surface area contributed by atoms with Crippen LogP contribution in [0.1, 0.15) is 28.9 Å². The van der Waals surface area contributed by atoms with Crippen molar-refractivity contribution in [3.63, 3.8) is 0 Å². The average molecular weight is 337 g/mol. The predicted molar refractivity (Wildman–Crippen MR) is 80.6 cm³/mol. The molecule has 1 saturated carbocycles. The minimum atomic E-state index is -4.43. The topological polar surface area (TPSA) is 75.1 Å². The molecule has 2 N–H and O–H groups in total. The molecule has 0 radical (unpaired) electrons. The first kappa shape index (κ1) is 16.2. The van der Waals surface area contributed by atoms with Crippen molar-refractivity contribution in [2.75, 3.05) is 11.9 Å². The largest absolute Gasteiger partial charge is 0.476 e. The minimum absolute atomic E-state index is 0.226. The third-order valence-corrected chi connectivity index (χ3v) is 3.73. The lowest BCUT2D eigenvalue weighted by Gasteiger charge is -2.12. The third kappa shape index (κ3) is 3.64. The summed E-state index contributed by atoms with van der Waals surface area (Å²) >= 11 is 0. The Morgan fingerprint density at radius 1 is 1.25 bits per heavy atom. The van der Waals surface area contributed by atoms with Gasteiger partial charge in [-0.25, -0.2) is 14.8 Å². The highest BCUT2D eigenvalue weighted by Crippen LogP contribution is 2.33. The Kier molecular flexibility index (Phi) is 4.13. The zero-order valence-electron chi connectivity index (χ0n) is 12.5. The van der Waals surface area contributed by atoms with E-state index >= 15 is 0 Å². The van der Waals surface area contributed by atoms with Crippen LogP contribution in [0.4, 0.5) is 19.0 Å². The second-order valence-corrected chi connectivity index (χ2v) is 5.66. The van der Waals surface area contributed by atoms with Gasteiger partial charge >= 0.3 is 12.1 Å². The molecule has 1 aromatic carbocycles. The van der Waals surface area contributed by atoms with Gasteiger partial charge in [0.25, 0.3) is 0 Å². The number of anilines is 1. The van der Waals surface area contributed by atoms with Crippen LogP contribution >= 0.6 is 0 Å². The quantitative estimate of drug-likeness (QED) is 0.870. The lowest BCUT2D eigenvalue weighted by atomic mass is 10.1. The summed E-state index contributed by atoms with van der Waals surface area (Å²) in [6.45, 7) is 0.675. The highest BCUT2D eigenvalue weighted by molar-refractivity contribution is 5.86. The molecule has 0 saturated heterocycles. The van der Waals surface area contributed by atoms with Gasteiger partial charge in [0.2, 0.25) is 0 Å². The van der Waals surface area contributed by atoms with Gasteiger partial charge in [0.05, 0.1) is 11.8 Å². The predicted octanol–water partition coefficient (Wildman–Crippen LogP) is 3.68. The number of benzene rings is 1. The standard InChI is InChI=1S/C16H14F3N3O2/c17-16(18,19)11-5-3-10(4-6-11)13-14(20-7-9-1-2-9)21-8-12(22-13)15(23)24/h3-6,8-9H,1-2,7H2,(H,20,21)(H,23,24). The minimum Gasteiger partial charge on any atom is -0.476 e. The van der Waals surface area contributed by atoms with E-state index in [1.54, 1.807) is 0 Å². The molecule has 3 rings (SSSR count). The highest BCUT2D eigenvalue weighted by atomic mass is 19.4. The number of alkyl halides is 3.